The van der Waals surface area contributed by atoms with E-state index in [0.29, 0.717) is 5.39 Å². The molecule has 0 spiro atoms. The van der Waals surface area contributed by atoms with Crippen molar-refractivity contribution in [2.45, 2.75) is 27.3 Å². The number of hydrogen-bond donors (Lipinski definition) is 1. The Morgan fingerprint density at radius 1 is 1.00 bits per heavy atom. The molecule has 1 aromatic heterocycles. The maximum atomic E-state index is 12.3. The zero-order chi connectivity index (χ0) is 19.7. The standard InChI is InChI=1S/C23H28N4O/c1-4-26-10-12-27(13-11-26)15-18-9-8-16(2)20(14-18)22-21-17(3)6-5-7-19(21)23(28)25-24-22/h5-9,14H,4,10-13,15H2,1-3H3,(H,25,28). The first-order chi connectivity index (χ1) is 13.6. The fraction of sp³-hybridized carbons (Fsp3) is 0.391. The van der Waals surface area contributed by atoms with Crippen molar-refractivity contribution in [3.05, 3.63) is 63.4 Å². The molecule has 0 radical (unpaired) electrons. The zero-order valence-corrected chi connectivity index (χ0v) is 17.0. The van der Waals surface area contributed by atoms with Crippen LogP contribution in [0.3, 0.4) is 0 Å². The summed E-state index contributed by atoms with van der Waals surface area (Å²) in [4.78, 5) is 17.3. The van der Waals surface area contributed by atoms with Crippen molar-refractivity contribution in [2.75, 3.05) is 32.7 Å². The molecule has 0 amide bonds. The predicted molar refractivity (Wildman–Crippen MR) is 115 cm³/mol. The number of nitrogens with one attached hydrogen (secondary N) is 1. The molecule has 1 N–H and O–H groups in total. The van der Waals surface area contributed by atoms with Crippen LogP contribution in [0.15, 0.2) is 41.2 Å². The molecule has 1 fully saturated rings. The first-order valence-corrected chi connectivity index (χ1v) is 10.1. The first kappa shape index (κ1) is 18.8. The van der Waals surface area contributed by atoms with Gasteiger partial charge < -0.3 is 4.90 Å². The number of aromatic nitrogens is 2. The van der Waals surface area contributed by atoms with Crippen molar-refractivity contribution in [1.82, 2.24) is 20.0 Å². The van der Waals surface area contributed by atoms with E-state index in [9.17, 15) is 4.79 Å². The van der Waals surface area contributed by atoms with Gasteiger partial charge in [0.15, 0.2) is 0 Å². The van der Waals surface area contributed by atoms with Gasteiger partial charge in [-0.2, -0.15) is 5.10 Å². The lowest BCUT2D eigenvalue weighted by Crippen LogP contribution is -2.45. The molecular weight excluding hydrogens is 348 g/mol. The number of fused-ring (bicyclic) bond motifs is 1. The topological polar surface area (TPSA) is 52.2 Å². The molecule has 5 heteroatoms. The van der Waals surface area contributed by atoms with Gasteiger partial charge in [0, 0.05) is 43.7 Å². The summed E-state index contributed by atoms with van der Waals surface area (Å²) in [6.07, 6.45) is 0. The van der Waals surface area contributed by atoms with E-state index in [0.717, 1.165) is 61.5 Å². The van der Waals surface area contributed by atoms with Gasteiger partial charge in [-0.25, -0.2) is 5.10 Å². The summed E-state index contributed by atoms with van der Waals surface area (Å²) in [5, 5.41) is 8.78. The molecule has 2 heterocycles. The van der Waals surface area contributed by atoms with E-state index in [2.05, 4.69) is 52.0 Å². The Bertz CT molecular complexity index is 1050. The molecule has 146 valence electrons. The molecule has 1 aliphatic rings. The highest BCUT2D eigenvalue weighted by molar-refractivity contribution is 5.96. The summed E-state index contributed by atoms with van der Waals surface area (Å²) >= 11 is 0. The van der Waals surface area contributed by atoms with E-state index >= 15 is 0 Å². The van der Waals surface area contributed by atoms with Gasteiger partial charge >= 0.3 is 0 Å². The average molecular weight is 377 g/mol. The van der Waals surface area contributed by atoms with Crippen LogP contribution >= 0.6 is 0 Å². The van der Waals surface area contributed by atoms with Crippen molar-refractivity contribution in [3.8, 4) is 11.3 Å². The van der Waals surface area contributed by atoms with E-state index in [4.69, 9.17) is 0 Å². The lowest BCUT2D eigenvalue weighted by molar-refractivity contribution is 0.132. The van der Waals surface area contributed by atoms with Gasteiger partial charge in [0.05, 0.1) is 11.1 Å². The minimum absolute atomic E-state index is 0.134. The van der Waals surface area contributed by atoms with Crippen LogP contribution in [0, 0.1) is 13.8 Å². The van der Waals surface area contributed by atoms with Gasteiger partial charge in [-0.05, 0) is 49.2 Å². The van der Waals surface area contributed by atoms with Crippen LogP contribution in [0.2, 0.25) is 0 Å². The number of aryl methyl sites for hydroxylation is 2. The summed E-state index contributed by atoms with van der Waals surface area (Å²) in [6, 6.07) is 12.5. The second-order valence-electron chi connectivity index (χ2n) is 7.76. The van der Waals surface area contributed by atoms with E-state index < -0.39 is 0 Å². The smallest absolute Gasteiger partial charge is 0.272 e. The van der Waals surface area contributed by atoms with Gasteiger partial charge in [0.1, 0.15) is 0 Å². The van der Waals surface area contributed by atoms with Crippen LogP contribution in [0.5, 0.6) is 0 Å². The Hall–Kier alpha value is -2.50. The Morgan fingerprint density at radius 2 is 1.75 bits per heavy atom. The quantitative estimate of drug-likeness (QED) is 0.759. The number of rotatable bonds is 4. The minimum Gasteiger partial charge on any atom is -0.301 e. The van der Waals surface area contributed by atoms with Gasteiger partial charge in [0.2, 0.25) is 0 Å². The number of piperazine rings is 1. The average Bonchev–Trinajstić information content (AvgIpc) is 2.71. The molecular formula is C23H28N4O. The summed E-state index contributed by atoms with van der Waals surface area (Å²) in [6.45, 7) is 13.0. The molecule has 3 aromatic rings. The molecule has 0 bridgehead atoms. The molecule has 4 rings (SSSR count). The lowest BCUT2D eigenvalue weighted by atomic mass is 9.96. The fourth-order valence-corrected chi connectivity index (χ4v) is 4.13. The first-order valence-electron chi connectivity index (χ1n) is 10.1. The van der Waals surface area contributed by atoms with E-state index in [1.54, 1.807) is 0 Å². The second kappa shape index (κ2) is 7.86. The van der Waals surface area contributed by atoms with Crippen LogP contribution < -0.4 is 5.56 Å². The largest absolute Gasteiger partial charge is 0.301 e. The summed E-state index contributed by atoms with van der Waals surface area (Å²) in [5.41, 5.74) is 5.36. The van der Waals surface area contributed by atoms with E-state index in [1.165, 1.54) is 11.1 Å². The third kappa shape index (κ3) is 3.60. The normalized spacial score (nSPS) is 16.0. The van der Waals surface area contributed by atoms with Crippen molar-refractivity contribution in [2.24, 2.45) is 0 Å². The number of likely N-dealkylation sites (N-methyl/N-ethyl adjacent to an activating group) is 1. The maximum Gasteiger partial charge on any atom is 0.272 e. The van der Waals surface area contributed by atoms with Crippen LogP contribution in [0.4, 0.5) is 0 Å². The lowest BCUT2D eigenvalue weighted by Gasteiger charge is -2.34. The Labute approximate surface area is 166 Å². The highest BCUT2D eigenvalue weighted by Crippen LogP contribution is 2.30. The number of hydrogen-bond acceptors (Lipinski definition) is 4. The van der Waals surface area contributed by atoms with Crippen molar-refractivity contribution >= 4 is 10.8 Å². The fourth-order valence-electron chi connectivity index (χ4n) is 4.13. The highest BCUT2D eigenvalue weighted by atomic mass is 16.1. The van der Waals surface area contributed by atoms with Gasteiger partial charge in [-0.3, -0.25) is 9.69 Å². The summed E-state index contributed by atoms with van der Waals surface area (Å²) < 4.78 is 0. The van der Waals surface area contributed by atoms with Crippen molar-refractivity contribution in [3.63, 3.8) is 0 Å². The maximum absolute atomic E-state index is 12.3. The Morgan fingerprint density at radius 3 is 2.50 bits per heavy atom. The Balaban J connectivity index is 1.70. The molecule has 5 nitrogen and oxygen atoms in total. The molecule has 0 atom stereocenters. The Kier molecular flexibility index (Phi) is 5.29. The third-order valence-electron chi connectivity index (χ3n) is 5.90. The third-order valence-corrected chi connectivity index (χ3v) is 5.90. The van der Waals surface area contributed by atoms with Gasteiger partial charge in [-0.1, -0.05) is 31.2 Å². The predicted octanol–water partition coefficient (Wildman–Crippen LogP) is 3.34. The van der Waals surface area contributed by atoms with Crippen molar-refractivity contribution in [1.29, 1.82) is 0 Å². The molecule has 0 aliphatic carbocycles. The second-order valence-corrected chi connectivity index (χ2v) is 7.76. The summed E-state index contributed by atoms with van der Waals surface area (Å²) in [5.74, 6) is 0. The molecule has 1 saturated heterocycles. The monoisotopic (exact) mass is 376 g/mol. The van der Waals surface area contributed by atoms with E-state index in [1.807, 2.05) is 25.1 Å². The van der Waals surface area contributed by atoms with E-state index in [-0.39, 0.29) is 5.56 Å². The van der Waals surface area contributed by atoms with Crippen LogP contribution in [-0.2, 0) is 6.54 Å². The molecule has 28 heavy (non-hydrogen) atoms. The molecule has 1 aliphatic heterocycles. The van der Waals surface area contributed by atoms with Gasteiger partial charge in [0.25, 0.3) is 5.56 Å². The van der Waals surface area contributed by atoms with Crippen LogP contribution in [-0.4, -0.2) is 52.7 Å². The minimum atomic E-state index is -0.134. The molecule has 2 aromatic carbocycles. The number of aromatic amines is 1. The van der Waals surface area contributed by atoms with Crippen molar-refractivity contribution < 1.29 is 0 Å². The number of benzene rings is 2. The summed E-state index contributed by atoms with van der Waals surface area (Å²) in [7, 11) is 0. The van der Waals surface area contributed by atoms with Crippen LogP contribution in [0.25, 0.3) is 22.0 Å². The van der Waals surface area contributed by atoms with Crippen LogP contribution in [0.1, 0.15) is 23.6 Å². The SMILES string of the molecule is CCN1CCN(Cc2ccc(C)c(-c3n[nH]c(=O)c4cccc(C)c34)c2)CC1. The highest BCUT2D eigenvalue weighted by Gasteiger charge is 2.17. The molecule has 0 unspecified atom stereocenters. The molecule has 0 saturated carbocycles. The number of nitrogens with zero attached hydrogens (tertiary/aromatic N) is 3. The number of H-pyrrole nitrogens is 1. The zero-order valence-electron chi connectivity index (χ0n) is 17.0. The van der Waals surface area contributed by atoms with Gasteiger partial charge in [-0.15, -0.1) is 0 Å².